The van der Waals surface area contributed by atoms with Gasteiger partial charge in [-0.05, 0) is 25.1 Å². The van der Waals surface area contributed by atoms with Crippen LogP contribution in [0.25, 0.3) is 0 Å². The van der Waals surface area contributed by atoms with Crippen molar-refractivity contribution in [1.29, 1.82) is 0 Å². The van der Waals surface area contributed by atoms with Gasteiger partial charge in [-0.2, -0.15) is 4.98 Å². The van der Waals surface area contributed by atoms with Crippen LogP contribution < -0.4 is 28.0 Å². The third kappa shape index (κ3) is 8.89. The van der Waals surface area contributed by atoms with Crippen LogP contribution >= 0.6 is 0 Å². The van der Waals surface area contributed by atoms with E-state index in [1.54, 1.807) is 13.0 Å². The smallest absolute Gasteiger partial charge is 0.351 e. The number of hydrogen-bond donors (Lipinski definition) is 10. The fraction of sp³-hybridized carbons (Fsp3) is 0.567. The molecule has 0 bridgehead atoms. The molecule has 0 aromatic carbocycles. The predicted octanol–water partition coefficient (Wildman–Crippen LogP) is -5.08. The van der Waals surface area contributed by atoms with Crippen LogP contribution in [0.2, 0.25) is 0 Å². The number of nitrogen functional groups attached to an aromatic ring is 1. The van der Waals surface area contributed by atoms with Gasteiger partial charge >= 0.3 is 17.4 Å². The van der Waals surface area contributed by atoms with Gasteiger partial charge in [0.1, 0.15) is 42.7 Å². The number of aliphatic hydroxyl groups excluding tert-OH is 7. The van der Waals surface area contributed by atoms with Gasteiger partial charge in [0.05, 0.1) is 25.9 Å². The second kappa shape index (κ2) is 16.7. The minimum absolute atomic E-state index is 0.138. The number of nitrogens with one attached hydrogen (secondary N) is 2. The Kier molecular flexibility index (Phi) is 12.9. The fourth-order valence-corrected chi connectivity index (χ4v) is 5.41. The summed E-state index contributed by atoms with van der Waals surface area (Å²) in [5.41, 5.74) is 2.96. The van der Waals surface area contributed by atoms with Crippen LogP contribution in [0, 0.1) is 19.3 Å². The number of rotatable bonds is 6. The van der Waals surface area contributed by atoms with Crippen molar-refractivity contribution in [3.8, 4) is 12.3 Å². The first kappa shape index (κ1) is 39.3. The number of urea groups is 1. The Bertz CT molecular complexity index is 1770. The summed E-state index contributed by atoms with van der Waals surface area (Å²) in [6, 6.07) is 0.905. The summed E-state index contributed by atoms with van der Waals surface area (Å²) in [7, 11) is 0. The van der Waals surface area contributed by atoms with Gasteiger partial charge in [0.15, 0.2) is 18.1 Å². The standard InChI is InChI=1S/C12H12N2O4.C9H13N3O4.C9H16N2O6/c1-3-12(7-15)5-4-9(18-12)14-6-8(2)10(16)13-11(14)17;10-7-1-2-12(9(15)11-7)8-3-5(14)6(4-13)16-8;12-3-4-6(14)7(15)8(17-4)11-2-1-5(13)10-9(11)16/h1,4-6,9,15H,7H2,2H3,(H,13,16,17);1-2,5-6,8,13-14H,3-4H2,(H2,10,11,15);4-8,12-15H,1-3H2,(H,10,16)/t9-,12+;5-,6+,8+;4-,5?,6-,7-,8-/m101/s1. The van der Waals surface area contributed by atoms with Crippen LogP contribution in [0.3, 0.4) is 0 Å². The van der Waals surface area contributed by atoms with Crippen LogP contribution in [0.1, 0.15) is 30.9 Å². The summed E-state index contributed by atoms with van der Waals surface area (Å²) < 4.78 is 18.4. The normalized spacial score (nSPS) is 32.7. The summed E-state index contributed by atoms with van der Waals surface area (Å²) in [6.07, 6.45) is 3.66. The van der Waals surface area contributed by atoms with Gasteiger partial charge in [-0.15, -0.1) is 6.42 Å². The van der Waals surface area contributed by atoms with Crippen molar-refractivity contribution in [2.45, 2.75) is 80.8 Å². The van der Waals surface area contributed by atoms with Crippen LogP contribution in [-0.4, -0.2) is 141 Å². The molecule has 4 aliphatic rings. The zero-order valence-electron chi connectivity index (χ0n) is 27.3. The second-order valence-corrected chi connectivity index (χ2v) is 11.9. The molecular formula is C30H41N7O14. The number of nitrogens with two attached hydrogens (primary N) is 1. The second-order valence-electron chi connectivity index (χ2n) is 11.9. The van der Waals surface area contributed by atoms with Crippen molar-refractivity contribution in [1.82, 2.24) is 29.3 Å². The Labute approximate surface area is 288 Å². The Hall–Kier alpha value is -4.47. The van der Waals surface area contributed by atoms with E-state index in [4.69, 9.17) is 36.6 Å². The van der Waals surface area contributed by atoms with Crippen LogP contribution in [-0.2, 0) is 14.2 Å². The lowest BCUT2D eigenvalue weighted by Gasteiger charge is -2.35. The van der Waals surface area contributed by atoms with E-state index in [9.17, 15) is 44.7 Å². The van der Waals surface area contributed by atoms with Crippen LogP contribution in [0.5, 0.6) is 0 Å². The lowest BCUT2D eigenvalue weighted by Crippen LogP contribution is -2.57. The third-order valence-corrected chi connectivity index (χ3v) is 8.32. The molecule has 51 heavy (non-hydrogen) atoms. The molecule has 3 fully saturated rings. The maximum absolute atomic E-state index is 11.6. The van der Waals surface area contributed by atoms with Gasteiger partial charge in [-0.25, -0.2) is 14.4 Å². The molecule has 6 heterocycles. The van der Waals surface area contributed by atoms with Crippen molar-refractivity contribution in [3.63, 3.8) is 0 Å². The molecule has 0 spiro atoms. The number of carbonyl (C=O) groups excluding carboxylic acids is 1. The highest BCUT2D eigenvalue weighted by atomic mass is 16.6. The molecule has 1 unspecified atom stereocenters. The number of amides is 2. The average Bonchev–Trinajstić information content (AvgIpc) is 3.78. The van der Waals surface area contributed by atoms with Crippen molar-refractivity contribution < 1.29 is 54.8 Å². The molecule has 0 aliphatic carbocycles. The number of H-pyrrole nitrogens is 1. The van der Waals surface area contributed by atoms with Crippen molar-refractivity contribution in [2.24, 2.45) is 0 Å². The number of nitrogens with zero attached hydrogens (tertiary/aromatic N) is 4. The maximum atomic E-state index is 11.6. The summed E-state index contributed by atoms with van der Waals surface area (Å²) in [5.74, 6) is 2.46. The van der Waals surface area contributed by atoms with Crippen LogP contribution in [0.4, 0.5) is 10.6 Å². The molecular weight excluding hydrogens is 682 g/mol. The average molecular weight is 724 g/mol. The van der Waals surface area contributed by atoms with E-state index in [0.29, 0.717) is 12.0 Å². The molecule has 21 nitrogen and oxygen atoms in total. The Balaban J connectivity index is 0.000000172. The molecule has 6 rings (SSSR count). The molecule has 21 heteroatoms. The highest BCUT2D eigenvalue weighted by Crippen LogP contribution is 2.29. The monoisotopic (exact) mass is 723 g/mol. The molecule has 0 radical (unpaired) electrons. The summed E-state index contributed by atoms with van der Waals surface area (Å²) >= 11 is 0. The van der Waals surface area contributed by atoms with E-state index < -0.39 is 90.6 Å². The lowest BCUT2D eigenvalue weighted by molar-refractivity contribution is -0.0893. The molecule has 2 amide bonds. The number of aromatic amines is 1. The van der Waals surface area contributed by atoms with E-state index in [1.165, 1.54) is 38.6 Å². The molecule has 2 aromatic heterocycles. The molecule has 4 aliphatic heterocycles. The largest absolute Gasteiger partial charge is 0.394 e. The topological polar surface area (TPSA) is 317 Å². The zero-order valence-corrected chi connectivity index (χ0v) is 27.3. The van der Waals surface area contributed by atoms with Gasteiger partial charge in [0.25, 0.3) is 5.56 Å². The molecule has 10 atom stereocenters. The Morgan fingerprint density at radius 1 is 1.06 bits per heavy atom. The third-order valence-electron chi connectivity index (χ3n) is 8.32. The van der Waals surface area contributed by atoms with Gasteiger partial charge in [0, 0.05) is 37.3 Å². The van der Waals surface area contributed by atoms with E-state index in [-0.39, 0.29) is 32.0 Å². The molecule has 3 saturated heterocycles. The summed E-state index contributed by atoms with van der Waals surface area (Å²) in [5, 5.41) is 67.3. The maximum Gasteiger partial charge on any atom is 0.351 e. The number of aromatic nitrogens is 4. The minimum atomic E-state index is -1.27. The van der Waals surface area contributed by atoms with E-state index >= 15 is 0 Å². The summed E-state index contributed by atoms with van der Waals surface area (Å²) in [4.78, 5) is 52.8. The fourth-order valence-electron chi connectivity index (χ4n) is 5.41. The summed E-state index contributed by atoms with van der Waals surface area (Å²) in [6.45, 7) is 0.683. The first-order valence-corrected chi connectivity index (χ1v) is 15.6. The van der Waals surface area contributed by atoms with E-state index in [0.717, 1.165) is 0 Å². The molecule has 11 N–H and O–H groups in total. The predicted molar refractivity (Wildman–Crippen MR) is 172 cm³/mol. The number of aliphatic hydroxyl groups is 7. The zero-order chi connectivity index (χ0) is 37.6. The van der Waals surface area contributed by atoms with Gasteiger partial charge in [0.2, 0.25) is 0 Å². The van der Waals surface area contributed by atoms with Crippen molar-refractivity contribution >= 4 is 11.8 Å². The number of ether oxygens (including phenoxy) is 3. The van der Waals surface area contributed by atoms with Crippen molar-refractivity contribution in [3.05, 3.63) is 67.5 Å². The van der Waals surface area contributed by atoms with Crippen molar-refractivity contribution in [2.75, 3.05) is 32.1 Å². The molecule has 2 aromatic rings. The van der Waals surface area contributed by atoms with E-state index in [1.807, 2.05) is 0 Å². The molecule has 0 saturated carbocycles. The van der Waals surface area contributed by atoms with Crippen LogP contribution in [0.15, 0.2) is 45.0 Å². The number of hydrogen-bond acceptors (Lipinski definition) is 16. The number of aryl methyl sites for hydroxylation is 1. The number of anilines is 1. The number of terminal acetylenes is 1. The Morgan fingerprint density at radius 2 is 1.76 bits per heavy atom. The van der Waals surface area contributed by atoms with Gasteiger partial charge in [-0.1, -0.05) is 5.92 Å². The Morgan fingerprint density at radius 3 is 2.31 bits per heavy atom. The lowest BCUT2D eigenvalue weighted by atomic mass is 10.1. The first-order chi connectivity index (χ1) is 24.2. The molecule has 280 valence electrons. The van der Waals surface area contributed by atoms with E-state index in [2.05, 4.69) is 21.2 Å². The van der Waals surface area contributed by atoms with Gasteiger partial charge < -0.3 is 61.0 Å². The number of carbonyl (C=O) groups is 1. The first-order valence-electron chi connectivity index (χ1n) is 15.6. The van der Waals surface area contributed by atoms with Gasteiger partial charge in [-0.3, -0.25) is 23.8 Å². The quantitative estimate of drug-likeness (QED) is 0.0985. The highest BCUT2D eigenvalue weighted by molar-refractivity contribution is 5.75. The minimum Gasteiger partial charge on any atom is -0.394 e. The highest BCUT2D eigenvalue weighted by Gasteiger charge is 2.47. The SMILES string of the molecule is C#C[C@@]1(CO)C=C[C@H](n2cc(C)c(=O)[nH]c2=O)O1.Nc1ccn([C@H]2C[C@H](O)[C@@H](CO)O2)c(=O)n1.O=C1NC(O)CCN1[C@@H]1O[C@H](CO)[C@@H](O)[C@H]1O.